The third kappa shape index (κ3) is 2.80. The summed E-state index contributed by atoms with van der Waals surface area (Å²) in [7, 11) is 1.43. The third-order valence-electron chi connectivity index (χ3n) is 3.82. The summed E-state index contributed by atoms with van der Waals surface area (Å²) < 4.78 is 22.3. The fourth-order valence-corrected chi connectivity index (χ4v) is 2.73. The average molecular weight is 307 g/mol. The van der Waals surface area contributed by atoms with Crippen LogP contribution in [0.5, 0.6) is 0 Å². The first-order valence-electron chi connectivity index (χ1n) is 6.97. The first-order chi connectivity index (χ1) is 10.7. The molecule has 0 saturated carbocycles. The van der Waals surface area contributed by atoms with E-state index in [-0.39, 0.29) is 6.61 Å². The molecule has 6 atom stereocenters. The first-order valence-corrected chi connectivity index (χ1v) is 6.97. The molecule has 0 bridgehead atoms. The molecule has 8 heteroatoms. The van der Waals surface area contributed by atoms with Gasteiger partial charge in [0.15, 0.2) is 12.6 Å². The number of rotatable bonds is 3. The van der Waals surface area contributed by atoms with Crippen molar-refractivity contribution in [1.82, 2.24) is 0 Å². The molecule has 3 rings (SSSR count). The van der Waals surface area contributed by atoms with Crippen LogP contribution in [0.15, 0.2) is 35.4 Å². The van der Waals surface area contributed by atoms with Crippen molar-refractivity contribution in [2.24, 2.45) is 5.11 Å². The molecule has 2 aliphatic heterocycles. The maximum absolute atomic E-state index is 10.5. The Morgan fingerprint density at radius 1 is 1.32 bits per heavy atom. The predicted molar refractivity (Wildman–Crippen MR) is 74.6 cm³/mol. The zero-order chi connectivity index (χ0) is 15.5. The van der Waals surface area contributed by atoms with E-state index in [9.17, 15) is 5.11 Å². The summed E-state index contributed by atoms with van der Waals surface area (Å²) in [5.74, 6) is 0. The highest BCUT2D eigenvalue weighted by molar-refractivity contribution is 5.16. The minimum Gasteiger partial charge on any atom is -0.390 e. The van der Waals surface area contributed by atoms with E-state index in [0.29, 0.717) is 0 Å². The van der Waals surface area contributed by atoms with Crippen LogP contribution >= 0.6 is 0 Å². The Morgan fingerprint density at radius 3 is 2.77 bits per heavy atom. The normalized spacial score (nSPS) is 37.9. The number of azide groups is 1. The molecule has 0 radical (unpaired) electrons. The standard InChI is InChI=1S/C14H17N3O5/c1-19-14-10(16-17-15)11(18)12-9(21-14)7-20-13(22-12)8-5-3-2-4-6-8/h2-6,9-14,18H,7H2,1H3/t9-,10+,11+,12-,13-,14+/m0/s1. The van der Waals surface area contributed by atoms with Crippen LogP contribution in [0.1, 0.15) is 11.9 Å². The highest BCUT2D eigenvalue weighted by atomic mass is 16.7. The van der Waals surface area contributed by atoms with Crippen molar-refractivity contribution in [1.29, 1.82) is 0 Å². The Balaban J connectivity index is 1.79. The Morgan fingerprint density at radius 2 is 2.09 bits per heavy atom. The Hall–Kier alpha value is -1.67. The average Bonchev–Trinajstić information content (AvgIpc) is 2.58. The molecular weight excluding hydrogens is 290 g/mol. The number of aliphatic hydroxyl groups is 1. The molecule has 1 aromatic carbocycles. The Bertz CT molecular complexity index is 551. The van der Waals surface area contributed by atoms with Gasteiger partial charge in [-0.3, -0.25) is 0 Å². The monoisotopic (exact) mass is 307 g/mol. The number of aliphatic hydroxyl groups excluding tert-OH is 1. The van der Waals surface area contributed by atoms with Crippen molar-refractivity contribution in [3.63, 3.8) is 0 Å². The molecule has 2 heterocycles. The number of methoxy groups -OCH3 is 1. The van der Waals surface area contributed by atoms with Crippen LogP contribution in [0, 0.1) is 0 Å². The van der Waals surface area contributed by atoms with Crippen molar-refractivity contribution < 1.29 is 24.1 Å². The maximum atomic E-state index is 10.5. The van der Waals surface area contributed by atoms with Crippen molar-refractivity contribution in [2.45, 2.75) is 36.9 Å². The summed E-state index contributed by atoms with van der Waals surface area (Å²) >= 11 is 0. The van der Waals surface area contributed by atoms with Crippen LogP contribution < -0.4 is 0 Å². The first kappa shape index (κ1) is 15.2. The molecule has 0 amide bonds. The quantitative estimate of drug-likeness (QED) is 0.517. The van der Waals surface area contributed by atoms with Gasteiger partial charge >= 0.3 is 0 Å². The van der Waals surface area contributed by atoms with E-state index in [4.69, 9.17) is 24.5 Å². The molecule has 2 fully saturated rings. The fraction of sp³-hybridized carbons (Fsp3) is 0.571. The summed E-state index contributed by atoms with van der Waals surface area (Å²) in [6.45, 7) is 0.254. The van der Waals surface area contributed by atoms with E-state index in [0.717, 1.165) is 5.56 Å². The maximum Gasteiger partial charge on any atom is 0.184 e. The number of nitrogens with zero attached hydrogens (tertiary/aromatic N) is 3. The number of hydrogen-bond donors (Lipinski definition) is 1. The number of ether oxygens (including phenoxy) is 4. The second-order valence-corrected chi connectivity index (χ2v) is 5.14. The second-order valence-electron chi connectivity index (χ2n) is 5.14. The lowest BCUT2D eigenvalue weighted by Crippen LogP contribution is -2.61. The second kappa shape index (κ2) is 6.62. The van der Waals surface area contributed by atoms with Crippen molar-refractivity contribution in [2.75, 3.05) is 13.7 Å². The van der Waals surface area contributed by atoms with E-state index in [2.05, 4.69) is 10.0 Å². The Kier molecular flexibility index (Phi) is 4.58. The van der Waals surface area contributed by atoms with Gasteiger partial charge < -0.3 is 24.1 Å². The van der Waals surface area contributed by atoms with Gasteiger partial charge in [-0.2, -0.15) is 0 Å². The molecule has 118 valence electrons. The van der Waals surface area contributed by atoms with Crippen LogP contribution in [-0.4, -0.2) is 49.5 Å². The smallest absolute Gasteiger partial charge is 0.184 e. The number of benzene rings is 1. The summed E-state index contributed by atoms with van der Waals surface area (Å²) in [6.07, 6.45) is -3.58. The van der Waals surface area contributed by atoms with Gasteiger partial charge in [0, 0.05) is 17.6 Å². The third-order valence-corrected chi connectivity index (χ3v) is 3.82. The SMILES string of the molecule is CO[C@@H]1O[C@H]2CO[C@H](c3ccccc3)O[C@@H]2[C@H](O)[C@H]1N=[N+]=[N-]. The summed E-state index contributed by atoms with van der Waals surface area (Å²) in [4.78, 5) is 2.74. The molecule has 2 saturated heterocycles. The molecule has 0 aliphatic carbocycles. The van der Waals surface area contributed by atoms with Crippen molar-refractivity contribution in [3.8, 4) is 0 Å². The fourth-order valence-electron chi connectivity index (χ4n) is 2.73. The zero-order valence-electron chi connectivity index (χ0n) is 12.0. The van der Waals surface area contributed by atoms with Gasteiger partial charge in [0.25, 0.3) is 0 Å². The lowest BCUT2D eigenvalue weighted by molar-refractivity contribution is -0.338. The van der Waals surface area contributed by atoms with Gasteiger partial charge in [0.1, 0.15) is 18.2 Å². The molecule has 8 nitrogen and oxygen atoms in total. The van der Waals surface area contributed by atoms with Crippen LogP contribution in [0.4, 0.5) is 0 Å². The van der Waals surface area contributed by atoms with Gasteiger partial charge in [0.05, 0.1) is 12.7 Å². The molecule has 1 N–H and O–H groups in total. The highest BCUT2D eigenvalue weighted by Crippen LogP contribution is 2.35. The van der Waals surface area contributed by atoms with Crippen molar-refractivity contribution >= 4 is 0 Å². The zero-order valence-corrected chi connectivity index (χ0v) is 12.0. The molecule has 0 spiro atoms. The van der Waals surface area contributed by atoms with Crippen LogP contribution in [-0.2, 0) is 18.9 Å². The van der Waals surface area contributed by atoms with E-state index >= 15 is 0 Å². The van der Waals surface area contributed by atoms with Crippen LogP contribution in [0.3, 0.4) is 0 Å². The van der Waals surface area contributed by atoms with Crippen molar-refractivity contribution in [3.05, 3.63) is 46.3 Å². The van der Waals surface area contributed by atoms with Gasteiger partial charge in [-0.05, 0) is 5.53 Å². The van der Waals surface area contributed by atoms with Gasteiger partial charge in [0.2, 0.25) is 0 Å². The van der Waals surface area contributed by atoms with Crippen LogP contribution in [0.2, 0.25) is 0 Å². The number of fused-ring (bicyclic) bond motifs is 1. The van der Waals surface area contributed by atoms with E-state index in [1.54, 1.807) is 0 Å². The van der Waals surface area contributed by atoms with Gasteiger partial charge in [-0.1, -0.05) is 35.4 Å². The predicted octanol–water partition coefficient (Wildman–Crippen LogP) is 1.51. The van der Waals surface area contributed by atoms with Crippen LogP contribution in [0.25, 0.3) is 10.4 Å². The van der Waals surface area contributed by atoms with Gasteiger partial charge in [-0.15, -0.1) is 0 Å². The topological polar surface area (TPSA) is 106 Å². The minimum atomic E-state index is -1.03. The largest absolute Gasteiger partial charge is 0.390 e. The highest BCUT2D eigenvalue weighted by Gasteiger charge is 2.49. The molecule has 1 aromatic rings. The molecule has 22 heavy (non-hydrogen) atoms. The minimum absolute atomic E-state index is 0.254. The lowest BCUT2D eigenvalue weighted by atomic mass is 9.96. The molecule has 2 aliphatic rings. The van der Waals surface area contributed by atoms with E-state index in [1.807, 2.05) is 30.3 Å². The summed E-state index contributed by atoms with van der Waals surface area (Å²) in [5, 5.41) is 14.0. The molecule has 0 aromatic heterocycles. The van der Waals surface area contributed by atoms with E-state index in [1.165, 1.54) is 7.11 Å². The molecule has 0 unspecified atom stereocenters. The lowest BCUT2D eigenvalue weighted by Gasteiger charge is -2.46. The van der Waals surface area contributed by atoms with Gasteiger partial charge in [-0.25, -0.2) is 0 Å². The molecular formula is C14H17N3O5. The summed E-state index contributed by atoms with van der Waals surface area (Å²) in [5.41, 5.74) is 9.50. The van der Waals surface area contributed by atoms with E-state index < -0.39 is 36.9 Å². The number of hydrogen-bond acceptors (Lipinski definition) is 6. The summed E-state index contributed by atoms with van der Waals surface area (Å²) in [6, 6.07) is 8.55. The Labute approximate surface area is 127 Å².